The van der Waals surface area contributed by atoms with Gasteiger partial charge in [-0.25, -0.2) is 9.24 Å². The molecule has 0 bridgehead atoms. The average Bonchev–Trinajstić information content (AvgIpc) is 2.24. The summed E-state index contributed by atoms with van der Waals surface area (Å²) in [5.41, 5.74) is 0. The number of nitrogens with zero attached hydrogens (tertiary/aromatic N) is 1. The Morgan fingerprint density at radius 2 is 1.50 bits per heavy atom. The molecule has 0 saturated heterocycles. The van der Waals surface area contributed by atoms with Crippen LogP contribution < -0.4 is 0 Å². The third-order valence-corrected chi connectivity index (χ3v) is 4.54. The Balaban J connectivity index is 4.66. The van der Waals surface area contributed by atoms with E-state index in [9.17, 15) is 4.57 Å². The second-order valence-electron chi connectivity index (χ2n) is 3.98. The first kappa shape index (κ1) is 16.1. The van der Waals surface area contributed by atoms with Gasteiger partial charge in [0.05, 0.1) is 13.2 Å². The molecular weight excluding hydrogens is 225 g/mol. The summed E-state index contributed by atoms with van der Waals surface area (Å²) >= 11 is 0. The standard InChI is InChI=1S/C11H26NO3P/c1-6-9-14-16(13,15-10-7-2)12(8-3)11(4)5/h11H,6-10H2,1-5H3. The van der Waals surface area contributed by atoms with Crippen LogP contribution in [0.5, 0.6) is 0 Å². The molecule has 0 amide bonds. The summed E-state index contributed by atoms with van der Waals surface area (Å²) in [6.07, 6.45) is 1.68. The Labute approximate surface area is 99.9 Å². The van der Waals surface area contributed by atoms with Crippen molar-refractivity contribution in [2.75, 3.05) is 19.8 Å². The maximum absolute atomic E-state index is 12.6. The van der Waals surface area contributed by atoms with Gasteiger partial charge in [-0.05, 0) is 26.7 Å². The first-order valence-corrected chi connectivity index (χ1v) is 7.67. The van der Waals surface area contributed by atoms with E-state index in [1.807, 2.05) is 34.6 Å². The first-order chi connectivity index (χ1) is 7.51. The molecule has 16 heavy (non-hydrogen) atoms. The Morgan fingerprint density at radius 3 is 1.75 bits per heavy atom. The van der Waals surface area contributed by atoms with E-state index in [4.69, 9.17) is 9.05 Å². The van der Waals surface area contributed by atoms with Gasteiger partial charge in [0.15, 0.2) is 0 Å². The summed E-state index contributed by atoms with van der Waals surface area (Å²) in [7, 11) is -3.09. The lowest BCUT2D eigenvalue weighted by Crippen LogP contribution is -2.29. The predicted molar refractivity (Wildman–Crippen MR) is 67.6 cm³/mol. The molecular formula is C11H26NO3P. The van der Waals surface area contributed by atoms with Crippen LogP contribution in [0.15, 0.2) is 0 Å². The molecule has 0 aromatic rings. The molecule has 0 unspecified atom stereocenters. The third kappa shape index (κ3) is 4.96. The van der Waals surface area contributed by atoms with Crippen LogP contribution in [0.2, 0.25) is 0 Å². The van der Waals surface area contributed by atoms with Crippen molar-refractivity contribution in [1.82, 2.24) is 4.67 Å². The van der Waals surface area contributed by atoms with Crippen LogP contribution >= 0.6 is 7.75 Å². The zero-order valence-electron chi connectivity index (χ0n) is 11.2. The largest absolute Gasteiger partial charge is 0.408 e. The summed E-state index contributed by atoms with van der Waals surface area (Å²) < 4.78 is 25.3. The predicted octanol–water partition coefficient (Wildman–Crippen LogP) is 3.68. The number of rotatable bonds is 9. The minimum absolute atomic E-state index is 0.157. The summed E-state index contributed by atoms with van der Waals surface area (Å²) in [5, 5.41) is 0. The fraction of sp³-hybridized carbons (Fsp3) is 1.00. The molecule has 0 heterocycles. The lowest BCUT2D eigenvalue weighted by Gasteiger charge is -2.31. The maximum atomic E-state index is 12.6. The Bertz CT molecular complexity index is 209. The molecule has 0 saturated carbocycles. The van der Waals surface area contributed by atoms with Crippen LogP contribution in [-0.2, 0) is 13.6 Å². The van der Waals surface area contributed by atoms with Gasteiger partial charge in [0.25, 0.3) is 0 Å². The molecule has 0 aromatic heterocycles. The smallest absolute Gasteiger partial charge is 0.297 e. The zero-order valence-corrected chi connectivity index (χ0v) is 12.1. The molecule has 0 aliphatic carbocycles. The topological polar surface area (TPSA) is 38.8 Å². The van der Waals surface area contributed by atoms with Crippen molar-refractivity contribution >= 4 is 7.75 Å². The lowest BCUT2D eigenvalue weighted by atomic mass is 10.4. The molecule has 0 aliphatic heterocycles. The summed E-state index contributed by atoms with van der Waals surface area (Å²) in [4.78, 5) is 0. The van der Waals surface area contributed by atoms with E-state index in [1.54, 1.807) is 4.67 Å². The van der Waals surface area contributed by atoms with Crippen LogP contribution in [0.3, 0.4) is 0 Å². The van der Waals surface area contributed by atoms with Gasteiger partial charge in [-0.2, -0.15) is 0 Å². The SMILES string of the molecule is CCCOP(=O)(OCCC)N(CC)C(C)C. The summed E-state index contributed by atoms with van der Waals surface area (Å²) in [6, 6.07) is 0.157. The van der Waals surface area contributed by atoms with E-state index in [2.05, 4.69) is 0 Å². The quantitative estimate of drug-likeness (QED) is 0.586. The van der Waals surface area contributed by atoms with Crippen LogP contribution in [0.4, 0.5) is 0 Å². The van der Waals surface area contributed by atoms with Crippen molar-refractivity contribution in [2.45, 2.75) is 53.5 Å². The van der Waals surface area contributed by atoms with E-state index in [0.29, 0.717) is 19.8 Å². The van der Waals surface area contributed by atoms with Gasteiger partial charge >= 0.3 is 7.75 Å². The Morgan fingerprint density at radius 1 is 1.06 bits per heavy atom. The minimum Gasteiger partial charge on any atom is -0.297 e. The zero-order chi connectivity index (χ0) is 12.6. The van der Waals surface area contributed by atoms with E-state index < -0.39 is 7.75 Å². The molecule has 0 radical (unpaired) electrons. The normalized spacial score (nSPS) is 12.7. The van der Waals surface area contributed by atoms with Gasteiger partial charge < -0.3 is 0 Å². The molecule has 0 aliphatic rings. The van der Waals surface area contributed by atoms with Gasteiger partial charge in [-0.1, -0.05) is 20.8 Å². The average molecular weight is 251 g/mol. The second kappa shape index (κ2) is 8.24. The van der Waals surface area contributed by atoms with Crippen molar-refractivity contribution in [3.8, 4) is 0 Å². The molecule has 5 heteroatoms. The summed E-state index contributed by atoms with van der Waals surface area (Å²) in [6.45, 7) is 11.6. The molecule has 4 nitrogen and oxygen atoms in total. The van der Waals surface area contributed by atoms with Crippen molar-refractivity contribution < 1.29 is 13.6 Å². The van der Waals surface area contributed by atoms with Crippen LogP contribution in [0.25, 0.3) is 0 Å². The maximum Gasteiger partial charge on any atom is 0.408 e. The van der Waals surface area contributed by atoms with E-state index in [0.717, 1.165) is 12.8 Å². The van der Waals surface area contributed by atoms with Gasteiger partial charge in [0.2, 0.25) is 0 Å². The van der Waals surface area contributed by atoms with E-state index >= 15 is 0 Å². The molecule has 98 valence electrons. The van der Waals surface area contributed by atoms with Crippen molar-refractivity contribution in [3.05, 3.63) is 0 Å². The van der Waals surface area contributed by atoms with Crippen LogP contribution in [-0.4, -0.2) is 30.5 Å². The Kier molecular flexibility index (Phi) is 8.29. The van der Waals surface area contributed by atoms with Gasteiger partial charge in [-0.3, -0.25) is 9.05 Å². The summed E-state index contributed by atoms with van der Waals surface area (Å²) in [5.74, 6) is 0. The molecule has 0 atom stereocenters. The highest BCUT2D eigenvalue weighted by Crippen LogP contribution is 2.53. The van der Waals surface area contributed by atoms with Crippen LogP contribution in [0, 0.1) is 0 Å². The molecule has 0 fully saturated rings. The Hall–Kier alpha value is 0.110. The van der Waals surface area contributed by atoms with Gasteiger partial charge in [0.1, 0.15) is 0 Å². The highest BCUT2D eigenvalue weighted by Gasteiger charge is 2.34. The second-order valence-corrected chi connectivity index (χ2v) is 5.95. The fourth-order valence-electron chi connectivity index (χ4n) is 1.42. The third-order valence-electron chi connectivity index (χ3n) is 2.15. The van der Waals surface area contributed by atoms with Gasteiger partial charge in [-0.15, -0.1) is 0 Å². The molecule has 0 rings (SSSR count). The van der Waals surface area contributed by atoms with E-state index in [-0.39, 0.29) is 6.04 Å². The molecule has 0 spiro atoms. The fourth-order valence-corrected chi connectivity index (χ4v) is 3.53. The van der Waals surface area contributed by atoms with E-state index in [1.165, 1.54) is 0 Å². The highest BCUT2D eigenvalue weighted by molar-refractivity contribution is 7.51. The number of hydrogen-bond donors (Lipinski definition) is 0. The van der Waals surface area contributed by atoms with Crippen molar-refractivity contribution in [3.63, 3.8) is 0 Å². The number of hydrogen-bond acceptors (Lipinski definition) is 3. The first-order valence-electron chi connectivity index (χ1n) is 6.18. The van der Waals surface area contributed by atoms with Crippen molar-refractivity contribution in [1.29, 1.82) is 0 Å². The molecule has 0 aromatic carbocycles. The van der Waals surface area contributed by atoms with Gasteiger partial charge in [0, 0.05) is 12.6 Å². The molecule has 0 N–H and O–H groups in total. The van der Waals surface area contributed by atoms with Crippen molar-refractivity contribution in [2.24, 2.45) is 0 Å². The highest BCUT2D eigenvalue weighted by atomic mass is 31.2. The lowest BCUT2D eigenvalue weighted by molar-refractivity contribution is 0.147. The van der Waals surface area contributed by atoms with Crippen LogP contribution in [0.1, 0.15) is 47.5 Å². The minimum atomic E-state index is -3.09. The monoisotopic (exact) mass is 251 g/mol.